The molecule has 5 atom stereocenters. The lowest BCUT2D eigenvalue weighted by molar-refractivity contribution is -0.136. The second-order valence-corrected chi connectivity index (χ2v) is 15.6. The maximum absolute atomic E-state index is 14.3. The number of rotatable bonds is 11. The van der Waals surface area contributed by atoms with Crippen molar-refractivity contribution in [3.8, 4) is 22.4 Å². The largest absolute Gasteiger partial charge is 0.453 e. The summed E-state index contributed by atoms with van der Waals surface area (Å²) in [6.07, 6.45) is 9.02. The molecule has 13 heteroatoms. The minimum Gasteiger partial charge on any atom is -0.453 e. The van der Waals surface area contributed by atoms with Crippen molar-refractivity contribution in [2.45, 2.75) is 101 Å². The predicted molar refractivity (Wildman–Crippen MR) is 215 cm³/mol. The van der Waals surface area contributed by atoms with Crippen LogP contribution in [0, 0.1) is 0 Å². The van der Waals surface area contributed by atoms with Crippen molar-refractivity contribution >= 4 is 41.6 Å². The number of aromatic nitrogens is 2. The SMILES string of the molecule is CCCC1CC[C@@H](c2ncc(-c3ccc(-c4ccc(NC(=O)CC5CCCN5C(=O)[C@@H]5Cc6cccc7c6N5C(=O)[C@@H](NC(=O)OC)CC7)cc4)cc3)[nH]2)N1C=O. The molecule has 0 spiro atoms. The third-order valence-corrected chi connectivity index (χ3v) is 12.2. The molecule has 3 aromatic carbocycles. The highest BCUT2D eigenvalue weighted by molar-refractivity contribution is 6.07. The number of aromatic amines is 1. The van der Waals surface area contributed by atoms with Crippen LogP contribution in [0.1, 0.15) is 81.3 Å². The maximum atomic E-state index is 14.3. The van der Waals surface area contributed by atoms with Gasteiger partial charge in [0.05, 0.1) is 30.7 Å². The van der Waals surface area contributed by atoms with Gasteiger partial charge < -0.3 is 30.2 Å². The van der Waals surface area contributed by atoms with E-state index in [0.29, 0.717) is 37.9 Å². The second kappa shape index (κ2) is 16.2. The Labute approximate surface area is 332 Å². The van der Waals surface area contributed by atoms with Crippen molar-refractivity contribution in [3.63, 3.8) is 0 Å². The quantitative estimate of drug-likeness (QED) is 0.154. The molecule has 4 aliphatic rings. The number of carbonyl (C=O) groups excluding carboxylic acids is 5. The van der Waals surface area contributed by atoms with Crippen LogP contribution in [0.2, 0.25) is 0 Å². The lowest BCUT2D eigenvalue weighted by atomic mass is 10.0. The summed E-state index contributed by atoms with van der Waals surface area (Å²) >= 11 is 0. The summed E-state index contributed by atoms with van der Waals surface area (Å²) in [5.74, 6) is 0.133. The fraction of sp³-hybridized carbons (Fsp3) is 0.409. The summed E-state index contributed by atoms with van der Waals surface area (Å²) in [5, 5.41) is 5.68. The van der Waals surface area contributed by atoms with Gasteiger partial charge in [0.25, 0.3) is 0 Å². The summed E-state index contributed by atoms with van der Waals surface area (Å²) in [4.78, 5) is 78.9. The van der Waals surface area contributed by atoms with E-state index in [-0.39, 0.29) is 42.3 Å². The van der Waals surface area contributed by atoms with Crippen molar-refractivity contribution in [1.82, 2.24) is 25.1 Å². The Morgan fingerprint density at radius 3 is 2.40 bits per heavy atom. The Kier molecular flexibility index (Phi) is 10.8. The number of H-pyrrole nitrogens is 1. The zero-order valence-corrected chi connectivity index (χ0v) is 32.4. The Morgan fingerprint density at radius 1 is 0.930 bits per heavy atom. The number of benzene rings is 3. The maximum Gasteiger partial charge on any atom is 0.407 e. The number of aryl methyl sites for hydroxylation is 1. The van der Waals surface area contributed by atoms with Crippen molar-refractivity contribution in [2.75, 3.05) is 23.9 Å². The average Bonchev–Trinajstić information content (AvgIpc) is 4.04. The van der Waals surface area contributed by atoms with Crippen LogP contribution < -0.4 is 15.5 Å². The zero-order chi connectivity index (χ0) is 39.6. The number of nitrogens with zero attached hydrogens (tertiary/aromatic N) is 4. The molecule has 5 amide bonds. The molecule has 4 aliphatic heterocycles. The molecule has 2 fully saturated rings. The molecule has 5 heterocycles. The van der Waals surface area contributed by atoms with Crippen LogP contribution in [0.3, 0.4) is 0 Å². The molecular weight excluding hydrogens is 723 g/mol. The van der Waals surface area contributed by atoms with E-state index in [1.807, 2.05) is 65.7 Å². The van der Waals surface area contributed by atoms with Crippen LogP contribution in [-0.4, -0.2) is 87.8 Å². The number of hydrogen-bond acceptors (Lipinski definition) is 7. The fourth-order valence-corrected chi connectivity index (χ4v) is 9.33. The number of carbonyl (C=O) groups is 5. The zero-order valence-electron chi connectivity index (χ0n) is 32.4. The molecule has 296 valence electrons. The van der Waals surface area contributed by atoms with Crippen LogP contribution in [-0.2, 0) is 36.8 Å². The predicted octanol–water partition coefficient (Wildman–Crippen LogP) is 6.15. The summed E-state index contributed by atoms with van der Waals surface area (Å²) < 4.78 is 4.77. The number of methoxy groups -OCH3 is 1. The number of amides is 5. The first-order chi connectivity index (χ1) is 27.8. The van der Waals surface area contributed by atoms with Gasteiger partial charge in [-0.2, -0.15) is 0 Å². The summed E-state index contributed by atoms with van der Waals surface area (Å²) in [6, 6.07) is 20.2. The van der Waals surface area contributed by atoms with Crippen molar-refractivity contribution in [3.05, 3.63) is 89.9 Å². The highest BCUT2D eigenvalue weighted by Gasteiger charge is 2.47. The van der Waals surface area contributed by atoms with Crippen LogP contribution >= 0.6 is 0 Å². The molecule has 4 aromatic rings. The molecular formula is C44H49N7O6. The molecule has 0 bridgehead atoms. The number of likely N-dealkylation sites (tertiary alicyclic amines) is 2. The third-order valence-electron chi connectivity index (χ3n) is 12.2. The number of anilines is 2. The van der Waals surface area contributed by atoms with Gasteiger partial charge in [-0.15, -0.1) is 0 Å². The van der Waals surface area contributed by atoms with Crippen LogP contribution in [0.25, 0.3) is 22.4 Å². The molecule has 13 nitrogen and oxygen atoms in total. The minimum atomic E-state index is -0.815. The first-order valence-corrected chi connectivity index (χ1v) is 20.1. The third kappa shape index (κ3) is 7.50. The van der Waals surface area contributed by atoms with E-state index in [2.05, 4.69) is 39.7 Å². The van der Waals surface area contributed by atoms with Crippen LogP contribution in [0.15, 0.2) is 72.9 Å². The molecule has 8 rings (SSSR count). The van der Waals surface area contributed by atoms with E-state index in [0.717, 1.165) is 83.5 Å². The lowest BCUT2D eigenvalue weighted by Gasteiger charge is -2.32. The molecule has 0 radical (unpaired) electrons. The van der Waals surface area contributed by atoms with Gasteiger partial charge in [-0.3, -0.25) is 24.1 Å². The number of nitrogens with one attached hydrogen (secondary N) is 3. The van der Waals surface area contributed by atoms with E-state index >= 15 is 0 Å². The minimum absolute atomic E-state index is 0.0243. The monoisotopic (exact) mass is 771 g/mol. The van der Waals surface area contributed by atoms with Gasteiger partial charge in [-0.05, 0) is 84.9 Å². The number of ether oxygens (including phenoxy) is 1. The summed E-state index contributed by atoms with van der Waals surface area (Å²) in [5.41, 5.74) is 7.27. The molecule has 0 aliphatic carbocycles. The molecule has 0 saturated carbocycles. The Balaban J connectivity index is 0.885. The van der Waals surface area contributed by atoms with Gasteiger partial charge >= 0.3 is 6.09 Å². The molecule has 3 N–H and O–H groups in total. The molecule has 57 heavy (non-hydrogen) atoms. The fourth-order valence-electron chi connectivity index (χ4n) is 9.33. The van der Waals surface area contributed by atoms with Gasteiger partial charge in [0, 0.05) is 37.2 Å². The number of para-hydroxylation sites is 1. The van der Waals surface area contributed by atoms with E-state index < -0.39 is 18.2 Å². The number of imidazole rings is 1. The topological polar surface area (TPSA) is 157 Å². The highest BCUT2D eigenvalue weighted by Crippen LogP contribution is 2.41. The summed E-state index contributed by atoms with van der Waals surface area (Å²) in [7, 11) is 1.26. The van der Waals surface area contributed by atoms with Crippen molar-refractivity contribution in [2.24, 2.45) is 0 Å². The van der Waals surface area contributed by atoms with E-state index in [9.17, 15) is 24.0 Å². The van der Waals surface area contributed by atoms with Crippen molar-refractivity contribution < 1.29 is 28.7 Å². The standard InChI is InChI=1S/C44H49N7O6/c1-3-6-33-19-21-37(50(33)26-52)41-45-25-36(47-41)29-12-10-27(11-13-29)28-14-17-32(18-15-28)46-39(53)24-34-9-5-22-49(34)43(55)38-23-31-8-4-7-30-16-20-35(48-44(56)57-2)42(54)51(38)40(30)31/h4,7-8,10-15,17-18,25-26,33-35,37-38H,3,5-6,9,16,19-24H2,1-2H3,(H,45,47)(H,46,53)(H,48,56)/t33?,34?,35-,37-,38-/m0/s1. The van der Waals surface area contributed by atoms with E-state index in [4.69, 9.17) is 4.74 Å². The first-order valence-electron chi connectivity index (χ1n) is 20.1. The second-order valence-electron chi connectivity index (χ2n) is 15.6. The summed E-state index contributed by atoms with van der Waals surface area (Å²) in [6.45, 7) is 2.65. The van der Waals surface area contributed by atoms with Crippen LogP contribution in [0.5, 0.6) is 0 Å². The molecule has 1 aromatic heterocycles. The van der Waals surface area contributed by atoms with Crippen LogP contribution in [0.4, 0.5) is 16.2 Å². The Bertz CT molecular complexity index is 2150. The van der Waals surface area contributed by atoms with Crippen molar-refractivity contribution in [1.29, 1.82) is 0 Å². The smallest absolute Gasteiger partial charge is 0.407 e. The average molecular weight is 772 g/mol. The highest BCUT2D eigenvalue weighted by atomic mass is 16.5. The van der Waals surface area contributed by atoms with E-state index in [1.54, 1.807) is 9.80 Å². The first kappa shape index (κ1) is 37.9. The van der Waals surface area contributed by atoms with Gasteiger partial charge in [0.1, 0.15) is 17.9 Å². The number of hydrogen-bond donors (Lipinski definition) is 3. The molecule has 2 unspecified atom stereocenters. The Hall–Kier alpha value is -5.98. The Morgan fingerprint density at radius 2 is 1.67 bits per heavy atom. The molecule has 2 saturated heterocycles. The normalized spacial score (nSPS) is 22.6. The lowest BCUT2D eigenvalue weighted by Crippen LogP contribution is -2.55. The van der Waals surface area contributed by atoms with E-state index in [1.165, 1.54) is 7.11 Å². The number of alkyl carbamates (subject to hydrolysis) is 1. The van der Waals surface area contributed by atoms with Gasteiger partial charge in [-0.25, -0.2) is 9.78 Å². The van der Waals surface area contributed by atoms with Gasteiger partial charge in [0.2, 0.25) is 24.1 Å². The van der Waals surface area contributed by atoms with Gasteiger partial charge in [0.15, 0.2) is 0 Å². The van der Waals surface area contributed by atoms with Gasteiger partial charge in [-0.1, -0.05) is 67.9 Å².